The highest BCUT2D eigenvalue weighted by Gasteiger charge is 2.12. The van der Waals surface area contributed by atoms with Crippen LogP contribution < -0.4 is 5.73 Å². The van der Waals surface area contributed by atoms with Gasteiger partial charge in [0.1, 0.15) is 0 Å². The smallest absolute Gasteiger partial charge is 0.224 e. The van der Waals surface area contributed by atoms with Crippen LogP contribution in [0.3, 0.4) is 0 Å². The lowest BCUT2D eigenvalue weighted by atomic mass is 10.2. The Morgan fingerprint density at radius 3 is 2.69 bits per heavy atom. The fourth-order valence-electron chi connectivity index (χ4n) is 1.49. The van der Waals surface area contributed by atoms with Crippen LogP contribution in [0.25, 0.3) is 0 Å². The van der Waals surface area contributed by atoms with Crippen molar-refractivity contribution in [2.24, 2.45) is 5.73 Å². The molecule has 0 bridgehead atoms. The summed E-state index contributed by atoms with van der Waals surface area (Å²) in [5.41, 5.74) is 6.34. The highest BCUT2D eigenvalue weighted by atomic mass is 35.5. The Hall–Kier alpha value is -1.06. The number of carbonyl (C=O) groups is 1. The third kappa shape index (κ3) is 3.51. The second kappa shape index (κ2) is 6.51. The average Bonchev–Trinajstić information content (AvgIpc) is 2.28. The lowest BCUT2D eigenvalue weighted by Gasteiger charge is -2.21. The Kier molecular flexibility index (Phi) is 5.29. The van der Waals surface area contributed by atoms with Crippen molar-refractivity contribution < 1.29 is 4.79 Å². The summed E-state index contributed by atoms with van der Waals surface area (Å²) in [5, 5.41) is 0.696. The van der Waals surface area contributed by atoms with E-state index < -0.39 is 0 Å². The van der Waals surface area contributed by atoms with E-state index in [0.29, 0.717) is 31.1 Å². The Bertz CT molecular complexity index is 355. The van der Waals surface area contributed by atoms with E-state index in [4.69, 9.17) is 17.3 Å². The number of hydrogen-bond acceptors (Lipinski definition) is 2. The molecule has 2 N–H and O–H groups in total. The molecule has 1 aromatic carbocycles. The van der Waals surface area contributed by atoms with E-state index in [-0.39, 0.29) is 5.91 Å². The second-order valence-electron chi connectivity index (χ2n) is 3.54. The molecule has 0 aromatic heterocycles. The number of nitrogens with zero attached hydrogens (tertiary/aromatic N) is 1. The Labute approximate surface area is 101 Å². The molecule has 0 spiro atoms. The number of nitrogens with two attached hydrogens (primary N) is 1. The van der Waals surface area contributed by atoms with Crippen LogP contribution in [-0.4, -0.2) is 23.9 Å². The summed E-state index contributed by atoms with van der Waals surface area (Å²) in [7, 11) is 0. The van der Waals surface area contributed by atoms with Crippen LogP contribution in [-0.2, 0) is 11.3 Å². The normalized spacial score (nSPS) is 10.2. The maximum Gasteiger partial charge on any atom is 0.224 e. The molecule has 0 radical (unpaired) electrons. The molecule has 3 nitrogen and oxygen atoms in total. The zero-order valence-electron chi connectivity index (χ0n) is 9.45. The summed E-state index contributed by atoms with van der Waals surface area (Å²) < 4.78 is 0. The van der Waals surface area contributed by atoms with Crippen molar-refractivity contribution in [3.8, 4) is 0 Å². The maximum absolute atomic E-state index is 11.7. The van der Waals surface area contributed by atoms with Gasteiger partial charge in [-0.15, -0.1) is 0 Å². The van der Waals surface area contributed by atoms with Gasteiger partial charge >= 0.3 is 0 Å². The van der Waals surface area contributed by atoms with Gasteiger partial charge in [0, 0.05) is 31.1 Å². The van der Waals surface area contributed by atoms with Crippen molar-refractivity contribution in [3.05, 3.63) is 34.9 Å². The predicted octanol–water partition coefficient (Wildman–Crippen LogP) is 2.04. The van der Waals surface area contributed by atoms with Crippen LogP contribution in [0, 0.1) is 0 Å². The van der Waals surface area contributed by atoms with E-state index in [1.165, 1.54) is 0 Å². The molecular formula is C12H17ClN2O. The van der Waals surface area contributed by atoms with E-state index in [2.05, 4.69) is 0 Å². The van der Waals surface area contributed by atoms with E-state index in [9.17, 15) is 4.79 Å². The molecule has 1 amide bonds. The van der Waals surface area contributed by atoms with Gasteiger partial charge in [0.15, 0.2) is 0 Å². The molecule has 0 aliphatic carbocycles. The summed E-state index contributed by atoms with van der Waals surface area (Å²) in [4.78, 5) is 13.5. The van der Waals surface area contributed by atoms with Gasteiger partial charge in [-0.25, -0.2) is 0 Å². The summed E-state index contributed by atoms with van der Waals surface area (Å²) >= 11 is 6.04. The van der Waals surface area contributed by atoms with Gasteiger partial charge in [0.25, 0.3) is 0 Å². The van der Waals surface area contributed by atoms with Crippen molar-refractivity contribution in [1.82, 2.24) is 4.90 Å². The molecule has 4 heteroatoms. The third-order valence-corrected chi connectivity index (χ3v) is 2.78. The molecule has 88 valence electrons. The van der Waals surface area contributed by atoms with Crippen molar-refractivity contribution in [1.29, 1.82) is 0 Å². The molecule has 1 rings (SSSR count). The van der Waals surface area contributed by atoms with E-state index in [1.54, 1.807) is 4.90 Å². The van der Waals surface area contributed by atoms with Crippen molar-refractivity contribution in [3.63, 3.8) is 0 Å². The fraction of sp³-hybridized carbons (Fsp3) is 0.417. The van der Waals surface area contributed by atoms with Gasteiger partial charge in [0.2, 0.25) is 5.91 Å². The summed E-state index contributed by atoms with van der Waals surface area (Å²) in [5.74, 6) is 0.0740. The lowest BCUT2D eigenvalue weighted by molar-refractivity contribution is -0.131. The topological polar surface area (TPSA) is 46.3 Å². The van der Waals surface area contributed by atoms with Gasteiger partial charge < -0.3 is 10.6 Å². The van der Waals surface area contributed by atoms with Crippen molar-refractivity contribution in [2.75, 3.05) is 13.1 Å². The zero-order valence-corrected chi connectivity index (χ0v) is 10.2. The quantitative estimate of drug-likeness (QED) is 0.856. The van der Waals surface area contributed by atoms with Crippen LogP contribution in [0.1, 0.15) is 18.9 Å². The Balaban J connectivity index is 2.70. The lowest BCUT2D eigenvalue weighted by Crippen LogP contribution is -2.31. The van der Waals surface area contributed by atoms with Crippen LogP contribution in [0.2, 0.25) is 5.02 Å². The molecular weight excluding hydrogens is 224 g/mol. The van der Waals surface area contributed by atoms with E-state index >= 15 is 0 Å². The first-order valence-electron chi connectivity index (χ1n) is 5.40. The van der Waals surface area contributed by atoms with Crippen LogP contribution >= 0.6 is 11.6 Å². The van der Waals surface area contributed by atoms with Crippen molar-refractivity contribution in [2.45, 2.75) is 19.9 Å². The number of carbonyl (C=O) groups excluding carboxylic acids is 1. The average molecular weight is 241 g/mol. The Morgan fingerprint density at radius 1 is 1.44 bits per heavy atom. The first-order valence-corrected chi connectivity index (χ1v) is 5.78. The van der Waals surface area contributed by atoms with Gasteiger partial charge in [-0.2, -0.15) is 0 Å². The predicted molar refractivity (Wildman–Crippen MR) is 66.2 cm³/mol. The fourth-order valence-corrected chi connectivity index (χ4v) is 1.69. The van der Waals surface area contributed by atoms with Crippen LogP contribution in [0.5, 0.6) is 0 Å². The van der Waals surface area contributed by atoms with Gasteiger partial charge in [0.05, 0.1) is 0 Å². The molecule has 0 atom stereocenters. The molecule has 1 aromatic rings. The van der Waals surface area contributed by atoms with Gasteiger partial charge in [-0.3, -0.25) is 4.79 Å². The number of amides is 1. The highest BCUT2D eigenvalue weighted by Crippen LogP contribution is 2.17. The molecule has 0 heterocycles. The first kappa shape index (κ1) is 13.0. The minimum Gasteiger partial charge on any atom is -0.339 e. The largest absolute Gasteiger partial charge is 0.339 e. The molecule has 0 unspecified atom stereocenters. The summed E-state index contributed by atoms with van der Waals surface area (Å²) in [6.07, 6.45) is 0.387. The molecule has 0 fully saturated rings. The van der Waals surface area contributed by atoms with Gasteiger partial charge in [-0.05, 0) is 18.6 Å². The van der Waals surface area contributed by atoms with E-state index in [1.807, 2.05) is 31.2 Å². The second-order valence-corrected chi connectivity index (χ2v) is 3.95. The molecule has 0 saturated heterocycles. The minimum absolute atomic E-state index is 0.0740. The highest BCUT2D eigenvalue weighted by molar-refractivity contribution is 6.31. The number of hydrogen-bond donors (Lipinski definition) is 1. The molecule has 16 heavy (non-hydrogen) atoms. The molecule has 0 aliphatic rings. The zero-order chi connectivity index (χ0) is 12.0. The van der Waals surface area contributed by atoms with Crippen LogP contribution in [0.15, 0.2) is 24.3 Å². The Morgan fingerprint density at radius 2 is 2.12 bits per heavy atom. The van der Waals surface area contributed by atoms with Crippen molar-refractivity contribution >= 4 is 17.5 Å². The number of benzene rings is 1. The minimum atomic E-state index is 0.0740. The maximum atomic E-state index is 11.7. The number of rotatable bonds is 5. The third-order valence-electron chi connectivity index (χ3n) is 2.41. The molecule has 0 aliphatic heterocycles. The SMILES string of the molecule is CCN(Cc1ccccc1Cl)C(=O)CCN. The standard InChI is InChI=1S/C12H17ClN2O/c1-2-15(12(16)7-8-14)9-10-5-3-4-6-11(10)13/h3-6H,2,7-9,14H2,1H3. The summed E-state index contributed by atoms with van der Waals surface area (Å²) in [6, 6.07) is 7.56. The monoisotopic (exact) mass is 240 g/mol. The van der Waals surface area contributed by atoms with Crippen LogP contribution in [0.4, 0.5) is 0 Å². The summed E-state index contributed by atoms with van der Waals surface area (Å²) in [6.45, 7) is 3.56. The first-order chi connectivity index (χ1) is 7.69. The number of halogens is 1. The van der Waals surface area contributed by atoms with E-state index in [0.717, 1.165) is 5.56 Å². The molecule has 0 saturated carbocycles. The van der Waals surface area contributed by atoms with Gasteiger partial charge in [-0.1, -0.05) is 29.8 Å².